The number of fused-ring (bicyclic) bond motifs is 1. The molecule has 4 rings (SSSR count). The number of hydrogen-bond donors (Lipinski definition) is 1. The number of thiophene rings is 1. The van der Waals surface area contributed by atoms with Crippen molar-refractivity contribution < 1.29 is 4.79 Å². The minimum absolute atomic E-state index is 0.125. The first-order valence-electron chi connectivity index (χ1n) is 10.9. The van der Waals surface area contributed by atoms with Crippen LogP contribution in [0.15, 0.2) is 41.9 Å². The quantitative estimate of drug-likeness (QED) is 0.396. The zero-order chi connectivity index (χ0) is 20.2. The minimum atomic E-state index is 0.125. The van der Waals surface area contributed by atoms with Crippen LogP contribution in [0, 0.1) is 0 Å². The number of carbonyl (C=O) groups is 1. The molecule has 1 fully saturated rings. The molecule has 0 spiro atoms. The van der Waals surface area contributed by atoms with Crippen molar-refractivity contribution in [2.45, 2.75) is 45.4 Å². The van der Waals surface area contributed by atoms with Gasteiger partial charge in [-0.05, 0) is 80.0 Å². The van der Waals surface area contributed by atoms with E-state index in [1.54, 1.807) is 0 Å². The van der Waals surface area contributed by atoms with Crippen LogP contribution in [0.4, 0.5) is 0 Å². The number of nitrogens with zero attached hydrogens (tertiary/aromatic N) is 2. The molecule has 2 aromatic heterocycles. The molecule has 5 heteroatoms. The van der Waals surface area contributed by atoms with E-state index >= 15 is 0 Å². The van der Waals surface area contributed by atoms with Gasteiger partial charge < -0.3 is 10.3 Å². The lowest BCUT2D eigenvalue weighted by Crippen LogP contribution is -2.32. The minimum Gasteiger partial charge on any atom is -0.326 e. The summed E-state index contributed by atoms with van der Waals surface area (Å²) in [5.41, 5.74) is 6.92. The molecule has 4 nitrogen and oxygen atoms in total. The molecule has 3 aromatic rings. The number of hydrogen-bond acceptors (Lipinski definition) is 4. The van der Waals surface area contributed by atoms with Crippen LogP contribution < -0.4 is 5.43 Å². The summed E-state index contributed by atoms with van der Waals surface area (Å²) in [5, 5.41) is 3.19. The smallest absolute Gasteiger partial charge is 0.202 e. The van der Waals surface area contributed by atoms with Crippen molar-refractivity contribution >= 4 is 28.0 Å². The summed E-state index contributed by atoms with van der Waals surface area (Å²) >= 11 is 1.51. The van der Waals surface area contributed by atoms with E-state index in [0.717, 1.165) is 43.0 Å². The third-order valence-corrected chi connectivity index (χ3v) is 7.00. The molecule has 0 aliphatic carbocycles. The third-order valence-electron chi connectivity index (χ3n) is 6.13. The fraction of sp³-hybridized carbons (Fsp3) is 0.458. The highest BCUT2D eigenvalue weighted by Crippen LogP contribution is 2.35. The van der Waals surface area contributed by atoms with Crippen molar-refractivity contribution in [3.63, 3.8) is 0 Å². The van der Waals surface area contributed by atoms with Gasteiger partial charge in [-0.25, -0.2) is 0 Å². The summed E-state index contributed by atoms with van der Waals surface area (Å²) in [6.07, 6.45) is 6.98. The molecule has 0 saturated carbocycles. The first-order valence-corrected chi connectivity index (χ1v) is 11.8. The Bertz CT molecular complexity index is 952. The molecule has 3 heterocycles. The fourth-order valence-corrected chi connectivity index (χ4v) is 5.03. The average Bonchev–Trinajstić information content (AvgIpc) is 3.42. The van der Waals surface area contributed by atoms with Gasteiger partial charge in [0.2, 0.25) is 5.78 Å². The summed E-state index contributed by atoms with van der Waals surface area (Å²) in [7, 11) is 0. The summed E-state index contributed by atoms with van der Waals surface area (Å²) in [5.74, 6) is 0.682. The lowest BCUT2D eigenvalue weighted by molar-refractivity contribution is 0.104. The Labute approximate surface area is 177 Å². The molecule has 0 bridgehead atoms. The van der Waals surface area contributed by atoms with Crippen LogP contribution in [0.5, 0.6) is 0 Å². The van der Waals surface area contributed by atoms with Gasteiger partial charge in [0.1, 0.15) is 0 Å². The number of likely N-dealkylation sites (tertiary alicyclic amines) is 1. The summed E-state index contributed by atoms with van der Waals surface area (Å²) in [6.45, 7) is 8.86. The Morgan fingerprint density at radius 2 is 2.03 bits per heavy atom. The highest BCUT2D eigenvalue weighted by Gasteiger charge is 2.24. The molecule has 1 aliphatic heterocycles. The van der Waals surface area contributed by atoms with Crippen molar-refractivity contribution in [1.82, 2.24) is 9.58 Å². The second-order valence-corrected chi connectivity index (χ2v) is 8.91. The fourth-order valence-electron chi connectivity index (χ4n) is 4.34. The van der Waals surface area contributed by atoms with E-state index < -0.39 is 0 Å². The van der Waals surface area contributed by atoms with E-state index in [4.69, 9.17) is 0 Å². The lowest BCUT2D eigenvalue weighted by atomic mass is 9.88. The van der Waals surface area contributed by atoms with Gasteiger partial charge in [-0.1, -0.05) is 26.3 Å². The van der Waals surface area contributed by atoms with Crippen LogP contribution in [0.3, 0.4) is 0 Å². The van der Waals surface area contributed by atoms with E-state index in [1.807, 2.05) is 23.6 Å². The molecule has 0 unspecified atom stereocenters. The van der Waals surface area contributed by atoms with Crippen molar-refractivity contribution in [2.24, 2.45) is 0 Å². The van der Waals surface area contributed by atoms with Crippen LogP contribution in [0.2, 0.25) is 0 Å². The van der Waals surface area contributed by atoms with Crippen molar-refractivity contribution in [2.75, 3.05) is 31.6 Å². The van der Waals surface area contributed by atoms with Gasteiger partial charge in [-0.2, -0.15) is 0 Å². The normalized spacial score (nSPS) is 15.8. The second-order valence-electron chi connectivity index (χ2n) is 7.96. The number of nitrogens with one attached hydrogen (secondary N) is 1. The topological polar surface area (TPSA) is 37.3 Å². The molecular weight excluding hydrogens is 378 g/mol. The van der Waals surface area contributed by atoms with Crippen molar-refractivity contribution in [1.29, 1.82) is 0 Å². The van der Waals surface area contributed by atoms with Crippen LogP contribution in [0.25, 0.3) is 10.9 Å². The summed E-state index contributed by atoms with van der Waals surface area (Å²) < 4.78 is 2.19. The van der Waals surface area contributed by atoms with Gasteiger partial charge in [0, 0.05) is 23.7 Å². The average molecular weight is 410 g/mol. The first kappa shape index (κ1) is 20.2. The zero-order valence-electron chi connectivity index (χ0n) is 17.5. The second kappa shape index (κ2) is 9.14. The standard InChI is InChI=1S/C24H31N3OS/c1-3-5-12-25-27-17-21(18-10-13-26(4-2)14-11-18)20-16-19(8-9-22(20)27)24(28)23-7-6-15-29-23/h6-9,15-18,25H,3-5,10-14H2,1-2H3. The van der Waals surface area contributed by atoms with E-state index in [9.17, 15) is 4.79 Å². The molecule has 1 aliphatic rings. The number of rotatable bonds is 8. The van der Waals surface area contributed by atoms with Gasteiger partial charge >= 0.3 is 0 Å². The highest BCUT2D eigenvalue weighted by molar-refractivity contribution is 7.12. The Morgan fingerprint density at radius 1 is 1.21 bits per heavy atom. The van der Waals surface area contributed by atoms with Crippen molar-refractivity contribution in [3.05, 3.63) is 57.9 Å². The van der Waals surface area contributed by atoms with Gasteiger partial charge in [0.15, 0.2) is 0 Å². The van der Waals surface area contributed by atoms with E-state index in [-0.39, 0.29) is 5.78 Å². The monoisotopic (exact) mass is 409 g/mol. The van der Waals surface area contributed by atoms with E-state index in [2.05, 4.69) is 47.2 Å². The molecule has 0 radical (unpaired) electrons. The van der Waals surface area contributed by atoms with Gasteiger partial charge in [-0.3, -0.25) is 9.47 Å². The number of ketones is 1. The Kier molecular flexibility index (Phi) is 6.36. The maximum atomic E-state index is 12.9. The molecule has 0 amide bonds. The number of carbonyl (C=O) groups excluding carboxylic acids is 1. The molecule has 154 valence electrons. The first-order chi connectivity index (χ1) is 14.2. The van der Waals surface area contributed by atoms with E-state index in [0.29, 0.717) is 5.92 Å². The Hall–Kier alpha value is -2.11. The van der Waals surface area contributed by atoms with E-state index in [1.165, 1.54) is 47.1 Å². The SMILES string of the molecule is CCCCNn1cc(C2CCN(CC)CC2)c2cc(C(=O)c3cccs3)ccc21. The van der Waals surface area contributed by atoms with Gasteiger partial charge in [0.05, 0.1) is 10.4 Å². The third kappa shape index (κ3) is 4.26. The Balaban J connectivity index is 1.69. The zero-order valence-corrected chi connectivity index (χ0v) is 18.3. The predicted octanol–water partition coefficient (Wildman–Crippen LogP) is 5.48. The summed E-state index contributed by atoms with van der Waals surface area (Å²) in [6, 6.07) is 10.1. The van der Waals surface area contributed by atoms with Crippen molar-refractivity contribution in [3.8, 4) is 0 Å². The molecule has 29 heavy (non-hydrogen) atoms. The molecule has 1 N–H and O–H groups in total. The largest absolute Gasteiger partial charge is 0.326 e. The maximum absolute atomic E-state index is 12.9. The molecule has 0 atom stereocenters. The van der Waals surface area contributed by atoms with Gasteiger partial charge in [-0.15, -0.1) is 11.3 Å². The number of benzene rings is 1. The molecule has 1 saturated heterocycles. The Morgan fingerprint density at radius 3 is 2.72 bits per heavy atom. The molecular formula is C24H31N3OS. The lowest BCUT2D eigenvalue weighted by Gasteiger charge is -2.30. The number of aromatic nitrogens is 1. The van der Waals surface area contributed by atoms with Crippen LogP contribution in [0.1, 0.15) is 66.2 Å². The van der Waals surface area contributed by atoms with Crippen LogP contribution in [-0.4, -0.2) is 41.5 Å². The highest BCUT2D eigenvalue weighted by atomic mass is 32.1. The van der Waals surface area contributed by atoms with Crippen LogP contribution >= 0.6 is 11.3 Å². The maximum Gasteiger partial charge on any atom is 0.202 e. The number of piperidine rings is 1. The predicted molar refractivity (Wildman–Crippen MR) is 123 cm³/mol. The van der Waals surface area contributed by atoms with Crippen LogP contribution in [-0.2, 0) is 0 Å². The van der Waals surface area contributed by atoms with Gasteiger partial charge in [0.25, 0.3) is 0 Å². The molecule has 1 aromatic carbocycles. The summed E-state index contributed by atoms with van der Waals surface area (Å²) in [4.78, 5) is 16.3. The number of unbranched alkanes of at least 4 members (excludes halogenated alkanes) is 1.